The van der Waals surface area contributed by atoms with E-state index in [4.69, 9.17) is 16.3 Å². The van der Waals surface area contributed by atoms with Gasteiger partial charge < -0.3 is 34.2 Å². The molecule has 6 atom stereocenters. The van der Waals surface area contributed by atoms with Crippen LogP contribution in [-0.2, 0) is 31.3 Å². The maximum atomic E-state index is 16.1. The van der Waals surface area contributed by atoms with Gasteiger partial charge in [-0.3, -0.25) is 14.4 Å². The third-order valence-electron chi connectivity index (χ3n) is 9.12. The number of benzene rings is 2. The van der Waals surface area contributed by atoms with Crippen LogP contribution >= 0.6 is 11.6 Å². The highest BCUT2D eigenvalue weighted by Gasteiger charge is 2.67. The summed E-state index contributed by atoms with van der Waals surface area (Å²) in [5.41, 5.74) is 0.131. The Balaban J connectivity index is 1.50. The van der Waals surface area contributed by atoms with Crippen molar-refractivity contribution < 1.29 is 33.4 Å². The summed E-state index contributed by atoms with van der Waals surface area (Å²) in [6, 6.07) is 11.8. The van der Waals surface area contributed by atoms with Gasteiger partial charge in [0.05, 0.1) is 37.4 Å². The highest BCUT2D eigenvalue weighted by molar-refractivity contribution is 6.72. The Morgan fingerprint density at radius 3 is 2.67 bits per heavy atom. The van der Waals surface area contributed by atoms with Gasteiger partial charge in [0.2, 0.25) is 14.3 Å². The van der Waals surface area contributed by atoms with Gasteiger partial charge in [-0.15, -0.1) is 0 Å². The lowest BCUT2D eigenvalue weighted by atomic mass is 9.82. The van der Waals surface area contributed by atoms with E-state index in [1.807, 2.05) is 13.0 Å². The highest BCUT2D eigenvalue weighted by atomic mass is 35.5. The third kappa shape index (κ3) is 5.73. The molecule has 3 aliphatic rings. The van der Waals surface area contributed by atoms with Crippen molar-refractivity contribution in [2.75, 3.05) is 23.4 Å². The van der Waals surface area contributed by atoms with Crippen molar-refractivity contribution in [3.8, 4) is 0 Å². The van der Waals surface area contributed by atoms with Crippen LogP contribution in [0.25, 0.3) is 0 Å². The molecule has 43 heavy (non-hydrogen) atoms. The minimum absolute atomic E-state index is 0.0815. The van der Waals surface area contributed by atoms with Crippen LogP contribution in [0.4, 0.5) is 15.5 Å². The minimum atomic E-state index is -3.48. The number of aliphatic hydroxyl groups excluding tert-OH is 2. The van der Waals surface area contributed by atoms with Crippen LogP contribution in [0.1, 0.15) is 44.2 Å². The van der Waals surface area contributed by atoms with Crippen LogP contribution in [0, 0.1) is 5.92 Å². The monoisotopic (exact) mass is 631 g/mol. The summed E-state index contributed by atoms with van der Waals surface area (Å²) in [6.07, 6.45) is -0.591. The molecule has 0 radical (unpaired) electrons. The molecular formula is C31H39ClFN3O6Si. The van der Waals surface area contributed by atoms with Crippen LogP contribution in [0.2, 0.25) is 23.7 Å². The topological polar surface area (TPSA) is 119 Å². The maximum Gasteiger partial charge on any atom is 0.264 e. The first kappa shape index (κ1) is 31.6. The fourth-order valence-corrected chi connectivity index (χ4v) is 9.86. The smallest absolute Gasteiger partial charge is 0.264 e. The number of aliphatic hydroxyl groups is 2. The summed E-state index contributed by atoms with van der Waals surface area (Å²) < 4.78 is 22.8. The average Bonchev–Trinajstić information content (AvgIpc) is 3.59. The highest BCUT2D eigenvalue weighted by Crippen LogP contribution is 2.60. The number of fused-ring (bicyclic) bond motifs is 2. The molecule has 0 saturated carbocycles. The molecule has 2 aromatic carbocycles. The fraction of sp³-hybridized carbons (Fsp3) is 0.516. The van der Waals surface area contributed by atoms with Crippen molar-refractivity contribution in [3.63, 3.8) is 0 Å². The molecule has 2 saturated heterocycles. The SMILES string of the molecule is C[C@H](O)C(=O)Nc1cccc(CN2C(=O)[C@]3(O[C@H](CC(=O)N4CCC[C@H]4CO)[C@@H]([Si](C)(C)F)[C@@H]3C)c3cc(Cl)ccc32)c1. The van der Waals surface area contributed by atoms with E-state index < -0.39 is 43.6 Å². The zero-order valence-corrected chi connectivity index (χ0v) is 26.6. The number of rotatable bonds is 8. The van der Waals surface area contributed by atoms with Gasteiger partial charge in [-0.25, -0.2) is 0 Å². The normalized spacial score (nSPS) is 27.6. The average molecular weight is 632 g/mol. The molecular weight excluding hydrogens is 593 g/mol. The second-order valence-electron chi connectivity index (χ2n) is 12.5. The Kier molecular flexibility index (Phi) is 8.76. The lowest BCUT2D eigenvalue weighted by Crippen LogP contribution is -2.45. The summed E-state index contributed by atoms with van der Waals surface area (Å²) in [4.78, 5) is 43.3. The van der Waals surface area contributed by atoms with Gasteiger partial charge in [0, 0.05) is 34.3 Å². The van der Waals surface area contributed by atoms with Gasteiger partial charge in [0.25, 0.3) is 11.8 Å². The number of hydrogen-bond donors (Lipinski definition) is 3. The van der Waals surface area contributed by atoms with E-state index >= 15 is 4.11 Å². The molecule has 12 heteroatoms. The molecule has 5 rings (SSSR count). The molecule has 3 amide bonds. The van der Waals surface area contributed by atoms with Crippen LogP contribution < -0.4 is 10.2 Å². The molecule has 1 spiro atoms. The zero-order chi connectivity index (χ0) is 31.3. The Morgan fingerprint density at radius 2 is 2.00 bits per heavy atom. The predicted molar refractivity (Wildman–Crippen MR) is 164 cm³/mol. The van der Waals surface area contributed by atoms with Crippen LogP contribution in [-0.4, -0.2) is 72.6 Å². The number of ether oxygens (including phenoxy) is 1. The Labute approximate surface area is 257 Å². The third-order valence-corrected chi connectivity index (χ3v) is 11.8. The Morgan fingerprint density at radius 1 is 1.26 bits per heavy atom. The summed E-state index contributed by atoms with van der Waals surface area (Å²) in [7, 11) is -3.48. The van der Waals surface area contributed by atoms with Crippen LogP contribution in [0.15, 0.2) is 42.5 Å². The fourth-order valence-electron chi connectivity index (χ4n) is 7.20. The first-order chi connectivity index (χ1) is 20.3. The van der Waals surface area contributed by atoms with Gasteiger partial charge in [0.1, 0.15) is 6.10 Å². The molecule has 0 unspecified atom stereocenters. The maximum absolute atomic E-state index is 16.1. The first-order valence-electron chi connectivity index (χ1n) is 14.7. The molecule has 232 valence electrons. The van der Waals surface area contributed by atoms with Gasteiger partial charge in [0.15, 0.2) is 5.60 Å². The van der Waals surface area contributed by atoms with Gasteiger partial charge in [-0.2, -0.15) is 0 Å². The van der Waals surface area contributed by atoms with Crippen molar-refractivity contribution in [1.29, 1.82) is 0 Å². The number of nitrogens with zero attached hydrogens (tertiary/aromatic N) is 2. The number of anilines is 2. The molecule has 3 heterocycles. The predicted octanol–water partition coefficient (Wildman–Crippen LogP) is 4.35. The summed E-state index contributed by atoms with van der Waals surface area (Å²) in [5.74, 6) is -1.71. The summed E-state index contributed by atoms with van der Waals surface area (Å²) in [5, 5.41) is 22.4. The van der Waals surface area contributed by atoms with E-state index in [1.165, 1.54) is 6.92 Å². The molecule has 2 fully saturated rings. The number of nitrogens with one attached hydrogen (secondary N) is 1. The number of carbonyl (C=O) groups is 3. The molecule has 0 aliphatic carbocycles. The quantitative estimate of drug-likeness (QED) is 0.294. The van der Waals surface area contributed by atoms with Crippen molar-refractivity contribution in [1.82, 2.24) is 4.90 Å². The molecule has 3 aliphatic heterocycles. The van der Waals surface area contributed by atoms with Crippen LogP contribution in [0.5, 0.6) is 0 Å². The van der Waals surface area contributed by atoms with Gasteiger partial charge in [-0.05, 0) is 68.8 Å². The number of carbonyl (C=O) groups excluding carboxylic acids is 3. The minimum Gasteiger partial charge on any atom is -0.394 e. The van der Waals surface area contributed by atoms with E-state index in [0.717, 1.165) is 6.42 Å². The van der Waals surface area contributed by atoms with E-state index in [0.29, 0.717) is 40.5 Å². The van der Waals surface area contributed by atoms with Crippen molar-refractivity contribution in [2.24, 2.45) is 5.92 Å². The van der Waals surface area contributed by atoms with E-state index in [-0.39, 0.29) is 37.4 Å². The Hall–Kier alpha value is -2.83. The number of likely N-dealkylation sites (tertiary alicyclic amines) is 1. The van der Waals surface area contributed by atoms with Crippen molar-refractivity contribution in [2.45, 2.75) is 82.1 Å². The molecule has 3 N–H and O–H groups in total. The number of amides is 3. The van der Waals surface area contributed by atoms with Crippen LogP contribution in [0.3, 0.4) is 0 Å². The second kappa shape index (κ2) is 11.9. The van der Waals surface area contributed by atoms with E-state index in [1.54, 1.807) is 59.3 Å². The lowest BCUT2D eigenvalue weighted by molar-refractivity contribution is -0.150. The van der Waals surface area contributed by atoms with Gasteiger partial charge in [-0.1, -0.05) is 30.7 Å². The molecule has 2 aromatic rings. The number of hydrogen-bond acceptors (Lipinski definition) is 6. The van der Waals surface area contributed by atoms with Crippen molar-refractivity contribution >= 4 is 49.1 Å². The lowest BCUT2D eigenvalue weighted by Gasteiger charge is -2.31. The summed E-state index contributed by atoms with van der Waals surface area (Å²) >= 11 is 6.45. The standard InChI is InChI=1S/C31H39ClFN3O6Si/c1-18-28(43(3,4)33)26(15-27(39)35-12-6-9-23(35)17-37)42-31(18)24-14-21(32)10-11-25(24)36(30(31)41)16-20-7-5-8-22(13-20)34-29(40)19(2)38/h5,7-8,10-11,13-14,18-19,23,26,28,37-38H,6,9,12,15-17H2,1-4H3,(H,34,40)/t18-,19-,23-,26+,28-,31+/m0/s1. The molecule has 9 nitrogen and oxygen atoms in total. The van der Waals surface area contributed by atoms with Crippen molar-refractivity contribution in [3.05, 3.63) is 58.6 Å². The number of halogens is 2. The van der Waals surface area contributed by atoms with Gasteiger partial charge >= 0.3 is 0 Å². The van der Waals surface area contributed by atoms with E-state index in [9.17, 15) is 24.6 Å². The molecule has 0 aromatic heterocycles. The second-order valence-corrected chi connectivity index (χ2v) is 16.7. The van der Waals surface area contributed by atoms with E-state index in [2.05, 4.69) is 5.32 Å². The zero-order valence-electron chi connectivity index (χ0n) is 24.8. The summed E-state index contributed by atoms with van der Waals surface area (Å²) in [6.45, 7) is 6.91. The Bertz CT molecular complexity index is 1420. The largest absolute Gasteiger partial charge is 0.394 e. The molecule has 0 bridgehead atoms. The first-order valence-corrected chi connectivity index (χ1v) is 18.1.